The van der Waals surface area contributed by atoms with Crippen LogP contribution in [0.5, 0.6) is 0 Å². The number of anilines is 2. The normalized spacial score (nSPS) is 14.8. The standard InChI is InChI=1S/C18H16F2N2O2/c1-11-4-2-3-5-15(11)22-17(24)18(8-9-18)16(23)21-12-6-7-13(19)14(20)10-12/h2-7,10H,8-9H2,1H3,(H,21,23)(H,22,24). The molecule has 0 heterocycles. The third kappa shape index (κ3) is 2.99. The number of hydrogen-bond acceptors (Lipinski definition) is 2. The van der Waals surface area contributed by atoms with Gasteiger partial charge in [0.05, 0.1) is 0 Å². The molecule has 0 unspecified atom stereocenters. The zero-order valence-electron chi connectivity index (χ0n) is 13.0. The van der Waals surface area contributed by atoms with Crippen LogP contribution in [0.15, 0.2) is 42.5 Å². The van der Waals surface area contributed by atoms with Gasteiger partial charge in [-0.05, 0) is 43.5 Å². The van der Waals surface area contributed by atoms with Crippen molar-refractivity contribution >= 4 is 23.2 Å². The van der Waals surface area contributed by atoms with E-state index in [0.717, 1.165) is 17.7 Å². The largest absolute Gasteiger partial charge is 0.325 e. The first-order chi connectivity index (χ1) is 11.4. The molecule has 0 saturated heterocycles. The van der Waals surface area contributed by atoms with Crippen LogP contribution in [0.1, 0.15) is 18.4 Å². The van der Waals surface area contributed by atoms with Crippen LogP contribution in [0.4, 0.5) is 20.2 Å². The number of benzene rings is 2. The minimum atomic E-state index is -1.16. The number of rotatable bonds is 4. The molecule has 24 heavy (non-hydrogen) atoms. The molecule has 0 spiro atoms. The van der Waals surface area contributed by atoms with E-state index < -0.39 is 28.9 Å². The van der Waals surface area contributed by atoms with Crippen molar-refractivity contribution in [1.29, 1.82) is 0 Å². The van der Waals surface area contributed by atoms with E-state index in [9.17, 15) is 18.4 Å². The molecule has 1 fully saturated rings. The predicted molar refractivity (Wildman–Crippen MR) is 86.5 cm³/mol. The summed E-state index contributed by atoms with van der Waals surface area (Å²) in [7, 11) is 0. The summed E-state index contributed by atoms with van der Waals surface area (Å²) in [5.41, 5.74) is 0.499. The molecule has 2 N–H and O–H groups in total. The number of halogens is 2. The summed E-state index contributed by atoms with van der Waals surface area (Å²) in [6.07, 6.45) is 0.834. The molecule has 0 aromatic heterocycles. The van der Waals surface area contributed by atoms with Crippen molar-refractivity contribution in [3.05, 3.63) is 59.7 Å². The van der Waals surface area contributed by atoms with Crippen molar-refractivity contribution in [3.8, 4) is 0 Å². The number of carbonyl (C=O) groups excluding carboxylic acids is 2. The summed E-state index contributed by atoms with van der Waals surface area (Å²) >= 11 is 0. The first-order valence-corrected chi connectivity index (χ1v) is 7.56. The molecule has 2 amide bonds. The summed E-state index contributed by atoms with van der Waals surface area (Å²) in [6.45, 7) is 1.86. The van der Waals surface area contributed by atoms with Gasteiger partial charge in [0.1, 0.15) is 5.41 Å². The molecule has 2 aromatic carbocycles. The van der Waals surface area contributed by atoms with Crippen LogP contribution in [-0.4, -0.2) is 11.8 Å². The Kier molecular flexibility index (Phi) is 4.05. The second-order valence-electron chi connectivity index (χ2n) is 5.93. The van der Waals surface area contributed by atoms with Gasteiger partial charge in [-0.2, -0.15) is 0 Å². The van der Waals surface area contributed by atoms with Crippen LogP contribution in [0.3, 0.4) is 0 Å². The molecule has 2 aromatic rings. The lowest BCUT2D eigenvalue weighted by atomic mass is 10.0. The van der Waals surface area contributed by atoms with Gasteiger partial charge in [0.2, 0.25) is 11.8 Å². The average Bonchev–Trinajstić information content (AvgIpc) is 3.35. The van der Waals surface area contributed by atoms with E-state index >= 15 is 0 Å². The number of amides is 2. The summed E-state index contributed by atoms with van der Waals surface area (Å²) in [5, 5.41) is 5.25. The number of carbonyl (C=O) groups is 2. The highest BCUT2D eigenvalue weighted by atomic mass is 19.2. The highest BCUT2D eigenvalue weighted by Gasteiger charge is 2.56. The smallest absolute Gasteiger partial charge is 0.240 e. The molecule has 0 atom stereocenters. The van der Waals surface area contributed by atoms with Gasteiger partial charge in [-0.1, -0.05) is 18.2 Å². The number of nitrogens with one attached hydrogen (secondary N) is 2. The molecule has 124 valence electrons. The third-order valence-electron chi connectivity index (χ3n) is 4.19. The Hall–Kier alpha value is -2.76. The van der Waals surface area contributed by atoms with Crippen molar-refractivity contribution in [3.63, 3.8) is 0 Å². The van der Waals surface area contributed by atoms with Gasteiger partial charge >= 0.3 is 0 Å². The Morgan fingerprint density at radius 1 is 0.958 bits per heavy atom. The van der Waals surface area contributed by atoms with Crippen LogP contribution in [-0.2, 0) is 9.59 Å². The van der Waals surface area contributed by atoms with Crippen LogP contribution in [0, 0.1) is 24.0 Å². The number of aryl methyl sites for hydroxylation is 1. The first kappa shape index (κ1) is 16.1. The zero-order chi connectivity index (χ0) is 17.3. The van der Waals surface area contributed by atoms with Gasteiger partial charge in [-0.3, -0.25) is 9.59 Å². The highest BCUT2D eigenvalue weighted by molar-refractivity contribution is 6.17. The van der Waals surface area contributed by atoms with E-state index in [4.69, 9.17) is 0 Å². The average molecular weight is 330 g/mol. The molecule has 0 bridgehead atoms. The van der Waals surface area contributed by atoms with Gasteiger partial charge in [0.15, 0.2) is 11.6 Å². The number of hydrogen-bond donors (Lipinski definition) is 2. The van der Waals surface area contributed by atoms with Crippen LogP contribution in [0.2, 0.25) is 0 Å². The van der Waals surface area contributed by atoms with Gasteiger partial charge in [0.25, 0.3) is 0 Å². The number of para-hydroxylation sites is 1. The predicted octanol–water partition coefficient (Wildman–Crippen LogP) is 3.63. The lowest BCUT2D eigenvalue weighted by Gasteiger charge is -2.16. The van der Waals surface area contributed by atoms with E-state index in [-0.39, 0.29) is 5.69 Å². The summed E-state index contributed by atoms with van der Waals surface area (Å²) in [4.78, 5) is 24.9. The lowest BCUT2D eigenvalue weighted by molar-refractivity contribution is -0.131. The Morgan fingerprint density at radius 3 is 2.25 bits per heavy atom. The summed E-state index contributed by atoms with van der Waals surface area (Å²) in [6, 6.07) is 10.3. The first-order valence-electron chi connectivity index (χ1n) is 7.56. The monoisotopic (exact) mass is 330 g/mol. The second kappa shape index (κ2) is 6.03. The zero-order valence-corrected chi connectivity index (χ0v) is 13.0. The molecule has 4 nitrogen and oxygen atoms in total. The van der Waals surface area contributed by atoms with Gasteiger partial charge < -0.3 is 10.6 Å². The van der Waals surface area contributed by atoms with Crippen molar-refractivity contribution in [2.24, 2.45) is 5.41 Å². The van der Waals surface area contributed by atoms with Crippen molar-refractivity contribution in [1.82, 2.24) is 0 Å². The summed E-state index contributed by atoms with van der Waals surface area (Å²) < 4.78 is 26.2. The molecule has 0 aliphatic heterocycles. The van der Waals surface area contributed by atoms with E-state index in [1.807, 2.05) is 19.1 Å². The van der Waals surface area contributed by atoms with E-state index in [1.165, 1.54) is 6.07 Å². The molecular formula is C18H16F2N2O2. The fraction of sp³-hybridized carbons (Fsp3) is 0.222. The fourth-order valence-electron chi connectivity index (χ4n) is 2.46. The molecule has 0 radical (unpaired) electrons. The minimum absolute atomic E-state index is 0.119. The molecule has 1 saturated carbocycles. The van der Waals surface area contributed by atoms with E-state index in [2.05, 4.69) is 10.6 Å². The minimum Gasteiger partial charge on any atom is -0.325 e. The Bertz CT molecular complexity index is 816. The van der Waals surface area contributed by atoms with Crippen LogP contribution < -0.4 is 10.6 Å². The van der Waals surface area contributed by atoms with Gasteiger partial charge in [-0.15, -0.1) is 0 Å². The maximum atomic E-state index is 13.2. The SMILES string of the molecule is Cc1ccccc1NC(=O)C1(C(=O)Nc2ccc(F)c(F)c2)CC1. The topological polar surface area (TPSA) is 58.2 Å². The molecule has 6 heteroatoms. The quantitative estimate of drug-likeness (QED) is 0.841. The Labute approximate surface area is 137 Å². The third-order valence-corrected chi connectivity index (χ3v) is 4.19. The highest BCUT2D eigenvalue weighted by Crippen LogP contribution is 2.47. The Morgan fingerprint density at radius 2 is 1.62 bits per heavy atom. The maximum Gasteiger partial charge on any atom is 0.240 e. The molecular weight excluding hydrogens is 314 g/mol. The van der Waals surface area contributed by atoms with Crippen LogP contribution >= 0.6 is 0 Å². The van der Waals surface area contributed by atoms with E-state index in [1.54, 1.807) is 12.1 Å². The van der Waals surface area contributed by atoms with Crippen molar-refractivity contribution < 1.29 is 18.4 Å². The van der Waals surface area contributed by atoms with Crippen LogP contribution in [0.25, 0.3) is 0 Å². The Balaban J connectivity index is 1.73. The molecule has 1 aliphatic carbocycles. The van der Waals surface area contributed by atoms with E-state index in [0.29, 0.717) is 18.5 Å². The lowest BCUT2D eigenvalue weighted by Crippen LogP contribution is -2.35. The summed E-state index contributed by atoms with van der Waals surface area (Å²) in [5.74, 6) is -2.95. The second-order valence-corrected chi connectivity index (χ2v) is 5.93. The maximum absolute atomic E-state index is 13.2. The van der Waals surface area contributed by atoms with Crippen molar-refractivity contribution in [2.75, 3.05) is 10.6 Å². The molecule has 1 aliphatic rings. The van der Waals surface area contributed by atoms with Gasteiger partial charge in [-0.25, -0.2) is 8.78 Å². The van der Waals surface area contributed by atoms with Crippen molar-refractivity contribution in [2.45, 2.75) is 19.8 Å². The fourth-order valence-corrected chi connectivity index (χ4v) is 2.46. The van der Waals surface area contributed by atoms with Gasteiger partial charge in [0, 0.05) is 17.4 Å². The molecule has 3 rings (SSSR count).